The van der Waals surface area contributed by atoms with E-state index in [-0.39, 0.29) is 17.2 Å². The number of sulfonamides is 1. The zero-order valence-electron chi connectivity index (χ0n) is 15.1. The Bertz CT molecular complexity index is 897. The normalized spacial score (nSPS) is 12.1. The van der Waals surface area contributed by atoms with Crippen LogP contribution in [-0.4, -0.2) is 39.7 Å². The first-order chi connectivity index (χ1) is 12.8. The molecular weight excluding hydrogens is 368 g/mol. The molecule has 2 N–H and O–H groups in total. The first kappa shape index (κ1) is 20.4. The Balaban J connectivity index is 1.87. The number of carbonyl (C=O) groups excluding carboxylic acids is 2. The summed E-state index contributed by atoms with van der Waals surface area (Å²) in [6.07, 6.45) is 0.983. The second-order valence-electron chi connectivity index (χ2n) is 6.11. The average molecular weight is 390 g/mol. The van der Waals surface area contributed by atoms with Gasteiger partial charge in [-0.05, 0) is 23.6 Å². The minimum absolute atomic E-state index is 0.0355. The van der Waals surface area contributed by atoms with Crippen LogP contribution in [0.4, 0.5) is 5.69 Å². The molecule has 0 saturated heterocycles. The van der Waals surface area contributed by atoms with Crippen molar-refractivity contribution < 1.29 is 22.7 Å². The predicted octanol–water partition coefficient (Wildman–Crippen LogP) is 2.13. The summed E-state index contributed by atoms with van der Waals surface area (Å²) in [6, 6.07) is 15.8. The summed E-state index contributed by atoms with van der Waals surface area (Å²) in [5.41, 5.74) is 1.23. The number of anilines is 1. The number of ether oxygens (including phenoxy) is 1. The van der Waals surface area contributed by atoms with Gasteiger partial charge in [-0.3, -0.25) is 9.52 Å². The fourth-order valence-corrected chi connectivity index (χ4v) is 2.95. The zero-order valence-corrected chi connectivity index (χ0v) is 16.0. The van der Waals surface area contributed by atoms with E-state index in [4.69, 9.17) is 4.74 Å². The SMILES string of the molecule is CC(CNC(=O)COC(=O)c1ccccc1NS(C)(=O)=O)c1ccccc1. The molecule has 7 nitrogen and oxygen atoms in total. The van der Waals surface area contributed by atoms with Crippen molar-refractivity contribution in [2.45, 2.75) is 12.8 Å². The molecular formula is C19H22N2O5S. The van der Waals surface area contributed by atoms with Crippen LogP contribution in [0, 0.1) is 0 Å². The number of hydrogen-bond acceptors (Lipinski definition) is 5. The third-order valence-electron chi connectivity index (χ3n) is 3.75. The minimum Gasteiger partial charge on any atom is -0.452 e. The Morgan fingerprint density at radius 2 is 1.67 bits per heavy atom. The van der Waals surface area contributed by atoms with E-state index in [1.165, 1.54) is 12.1 Å². The highest BCUT2D eigenvalue weighted by molar-refractivity contribution is 7.92. The number of rotatable bonds is 8. The van der Waals surface area contributed by atoms with E-state index in [9.17, 15) is 18.0 Å². The second kappa shape index (κ2) is 9.18. The zero-order chi connectivity index (χ0) is 19.9. The maximum atomic E-state index is 12.2. The Labute approximate surface area is 158 Å². The van der Waals surface area contributed by atoms with E-state index < -0.39 is 28.5 Å². The maximum Gasteiger partial charge on any atom is 0.340 e. The average Bonchev–Trinajstić information content (AvgIpc) is 2.64. The summed E-state index contributed by atoms with van der Waals surface area (Å²) >= 11 is 0. The number of amides is 1. The molecule has 1 unspecified atom stereocenters. The molecule has 2 aromatic rings. The molecule has 0 heterocycles. The van der Waals surface area contributed by atoms with Gasteiger partial charge in [0.15, 0.2) is 6.61 Å². The van der Waals surface area contributed by atoms with Gasteiger partial charge in [-0.25, -0.2) is 13.2 Å². The van der Waals surface area contributed by atoms with Gasteiger partial charge in [-0.2, -0.15) is 0 Å². The van der Waals surface area contributed by atoms with Crippen LogP contribution >= 0.6 is 0 Å². The van der Waals surface area contributed by atoms with Gasteiger partial charge in [0.2, 0.25) is 10.0 Å². The third kappa shape index (κ3) is 6.74. The minimum atomic E-state index is -3.55. The molecule has 144 valence electrons. The van der Waals surface area contributed by atoms with Crippen molar-refractivity contribution in [2.75, 3.05) is 24.1 Å². The second-order valence-corrected chi connectivity index (χ2v) is 7.86. The van der Waals surface area contributed by atoms with Crippen LogP contribution in [0.15, 0.2) is 54.6 Å². The summed E-state index contributed by atoms with van der Waals surface area (Å²) in [6.45, 7) is 1.94. The highest BCUT2D eigenvalue weighted by Crippen LogP contribution is 2.17. The van der Waals surface area contributed by atoms with Crippen molar-refractivity contribution in [3.8, 4) is 0 Å². The van der Waals surface area contributed by atoms with Crippen molar-refractivity contribution in [1.82, 2.24) is 5.32 Å². The van der Waals surface area contributed by atoms with Crippen molar-refractivity contribution >= 4 is 27.6 Å². The van der Waals surface area contributed by atoms with Gasteiger partial charge in [0, 0.05) is 6.54 Å². The Hall–Kier alpha value is -2.87. The largest absolute Gasteiger partial charge is 0.452 e. The fraction of sp³-hybridized carbons (Fsp3) is 0.263. The molecule has 0 saturated carbocycles. The molecule has 0 aliphatic rings. The van der Waals surface area contributed by atoms with Crippen LogP contribution in [0.2, 0.25) is 0 Å². The van der Waals surface area contributed by atoms with Gasteiger partial charge in [-0.15, -0.1) is 0 Å². The summed E-state index contributed by atoms with van der Waals surface area (Å²) in [5, 5.41) is 2.71. The molecule has 0 aliphatic carbocycles. The van der Waals surface area contributed by atoms with Gasteiger partial charge in [0.25, 0.3) is 5.91 Å². The van der Waals surface area contributed by atoms with E-state index >= 15 is 0 Å². The lowest BCUT2D eigenvalue weighted by Gasteiger charge is -2.13. The lowest BCUT2D eigenvalue weighted by Crippen LogP contribution is -2.31. The molecule has 1 amide bonds. The van der Waals surface area contributed by atoms with Crippen molar-refractivity contribution in [2.24, 2.45) is 0 Å². The van der Waals surface area contributed by atoms with Crippen LogP contribution < -0.4 is 10.0 Å². The third-order valence-corrected chi connectivity index (χ3v) is 4.34. The maximum absolute atomic E-state index is 12.2. The molecule has 27 heavy (non-hydrogen) atoms. The lowest BCUT2D eigenvalue weighted by atomic mass is 10.0. The smallest absolute Gasteiger partial charge is 0.340 e. The summed E-state index contributed by atoms with van der Waals surface area (Å²) in [5.74, 6) is -1.10. The molecule has 8 heteroatoms. The van der Waals surface area contributed by atoms with Crippen molar-refractivity contribution in [3.63, 3.8) is 0 Å². The molecule has 1 atom stereocenters. The van der Waals surface area contributed by atoms with E-state index in [1.807, 2.05) is 37.3 Å². The van der Waals surface area contributed by atoms with Gasteiger partial charge in [-0.1, -0.05) is 49.4 Å². The van der Waals surface area contributed by atoms with E-state index in [1.54, 1.807) is 12.1 Å². The Kier molecular flexibility index (Phi) is 6.95. The monoisotopic (exact) mass is 390 g/mol. The van der Waals surface area contributed by atoms with Crippen LogP contribution in [-0.2, 0) is 19.6 Å². The van der Waals surface area contributed by atoms with Crippen molar-refractivity contribution in [3.05, 3.63) is 65.7 Å². The first-order valence-corrected chi connectivity index (χ1v) is 10.2. The number of para-hydroxylation sites is 1. The Morgan fingerprint density at radius 3 is 2.33 bits per heavy atom. The number of esters is 1. The highest BCUT2D eigenvalue weighted by Gasteiger charge is 2.16. The number of hydrogen-bond donors (Lipinski definition) is 2. The van der Waals surface area contributed by atoms with Crippen LogP contribution in [0.5, 0.6) is 0 Å². The fourth-order valence-electron chi connectivity index (χ4n) is 2.38. The molecule has 0 fully saturated rings. The van der Waals surface area contributed by atoms with E-state index in [2.05, 4.69) is 10.0 Å². The first-order valence-electron chi connectivity index (χ1n) is 8.32. The van der Waals surface area contributed by atoms with Gasteiger partial charge in [0.05, 0.1) is 17.5 Å². The summed E-state index contributed by atoms with van der Waals surface area (Å²) in [7, 11) is -3.55. The highest BCUT2D eigenvalue weighted by atomic mass is 32.2. The molecule has 0 radical (unpaired) electrons. The van der Waals surface area contributed by atoms with Gasteiger partial charge in [0.1, 0.15) is 0 Å². The number of benzene rings is 2. The van der Waals surface area contributed by atoms with Crippen LogP contribution in [0.25, 0.3) is 0 Å². The van der Waals surface area contributed by atoms with Crippen molar-refractivity contribution in [1.29, 1.82) is 0 Å². The van der Waals surface area contributed by atoms with Gasteiger partial charge >= 0.3 is 5.97 Å². The molecule has 0 bridgehead atoms. The van der Waals surface area contributed by atoms with E-state index in [0.717, 1.165) is 11.8 Å². The summed E-state index contributed by atoms with van der Waals surface area (Å²) < 4.78 is 30.0. The molecule has 0 aliphatic heterocycles. The molecule has 0 aromatic heterocycles. The quantitative estimate of drug-likeness (QED) is 0.673. The van der Waals surface area contributed by atoms with Gasteiger partial charge < -0.3 is 10.1 Å². The number of carbonyl (C=O) groups is 2. The predicted molar refractivity (Wildman–Crippen MR) is 103 cm³/mol. The topological polar surface area (TPSA) is 102 Å². The lowest BCUT2D eigenvalue weighted by molar-refractivity contribution is -0.124. The Morgan fingerprint density at radius 1 is 1.04 bits per heavy atom. The molecule has 2 rings (SSSR count). The standard InChI is InChI=1S/C19H22N2O5S/c1-14(15-8-4-3-5-9-15)12-20-18(22)13-26-19(23)16-10-6-7-11-17(16)21-27(2,24)25/h3-11,14,21H,12-13H2,1-2H3,(H,20,22). The number of nitrogens with one attached hydrogen (secondary N) is 2. The van der Waals surface area contributed by atoms with Crippen LogP contribution in [0.3, 0.4) is 0 Å². The molecule has 0 spiro atoms. The van der Waals surface area contributed by atoms with Crippen LogP contribution in [0.1, 0.15) is 28.8 Å². The summed E-state index contributed by atoms with van der Waals surface area (Å²) in [4.78, 5) is 24.1. The van der Waals surface area contributed by atoms with E-state index in [0.29, 0.717) is 6.54 Å². The molecule has 2 aromatic carbocycles.